The molecule has 1 atom stereocenters. The van der Waals surface area contributed by atoms with Crippen LogP contribution < -0.4 is 16.2 Å². The van der Waals surface area contributed by atoms with E-state index < -0.39 is 5.54 Å². The number of fused-ring (bicyclic) bond motifs is 1. The van der Waals surface area contributed by atoms with Crippen LogP contribution in [-0.2, 0) is 4.79 Å². The van der Waals surface area contributed by atoms with E-state index >= 15 is 0 Å². The van der Waals surface area contributed by atoms with Gasteiger partial charge >= 0.3 is 0 Å². The van der Waals surface area contributed by atoms with Crippen LogP contribution in [0.3, 0.4) is 0 Å². The first-order valence-corrected chi connectivity index (χ1v) is 7.53. The quantitative estimate of drug-likeness (QED) is 0.500. The molecule has 0 aliphatic carbocycles. The second kappa shape index (κ2) is 5.02. The third-order valence-corrected chi connectivity index (χ3v) is 4.61. The van der Waals surface area contributed by atoms with Gasteiger partial charge in [-0.25, -0.2) is 5.84 Å². The van der Waals surface area contributed by atoms with Crippen molar-refractivity contribution in [1.82, 2.24) is 5.43 Å². The first-order valence-electron chi connectivity index (χ1n) is 7.53. The first-order chi connectivity index (χ1) is 9.61. The predicted octanol–water partition coefficient (Wildman–Crippen LogP) is 2.86. The summed E-state index contributed by atoms with van der Waals surface area (Å²) >= 11 is 0. The van der Waals surface area contributed by atoms with E-state index in [-0.39, 0.29) is 11.4 Å². The van der Waals surface area contributed by atoms with Crippen molar-refractivity contribution in [1.29, 1.82) is 0 Å². The number of nitrogens with one attached hydrogen (secondary N) is 1. The third kappa shape index (κ3) is 2.53. The summed E-state index contributed by atoms with van der Waals surface area (Å²) in [5.41, 5.74) is 5.14. The zero-order valence-corrected chi connectivity index (χ0v) is 13.9. The highest BCUT2D eigenvalue weighted by Crippen LogP contribution is 2.46. The van der Waals surface area contributed by atoms with Gasteiger partial charge in [0.15, 0.2) is 0 Å². The van der Waals surface area contributed by atoms with E-state index in [4.69, 9.17) is 5.84 Å². The Labute approximate surface area is 127 Å². The van der Waals surface area contributed by atoms with Crippen molar-refractivity contribution in [3.8, 4) is 0 Å². The Hall–Kier alpha value is -1.55. The van der Waals surface area contributed by atoms with Crippen molar-refractivity contribution in [3.05, 3.63) is 29.3 Å². The Balaban J connectivity index is 2.65. The number of anilines is 1. The van der Waals surface area contributed by atoms with E-state index in [0.717, 1.165) is 12.1 Å². The highest BCUT2D eigenvalue weighted by Gasteiger charge is 2.46. The molecule has 4 heteroatoms. The van der Waals surface area contributed by atoms with Gasteiger partial charge in [0.25, 0.3) is 5.91 Å². The van der Waals surface area contributed by atoms with Crippen LogP contribution >= 0.6 is 0 Å². The topological polar surface area (TPSA) is 58.4 Å². The molecule has 1 heterocycles. The molecule has 0 bridgehead atoms. The average Bonchev–Trinajstić information content (AvgIpc) is 2.35. The Kier molecular flexibility index (Phi) is 3.79. The van der Waals surface area contributed by atoms with Crippen molar-refractivity contribution in [2.45, 2.75) is 65.0 Å². The van der Waals surface area contributed by atoms with Crippen molar-refractivity contribution < 1.29 is 4.79 Å². The van der Waals surface area contributed by atoms with Crippen LogP contribution in [-0.4, -0.2) is 17.0 Å². The summed E-state index contributed by atoms with van der Waals surface area (Å²) in [4.78, 5) is 14.5. The molecule has 21 heavy (non-hydrogen) atoms. The summed E-state index contributed by atoms with van der Waals surface area (Å²) in [7, 11) is 0. The van der Waals surface area contributed by atoms with Gasteiger partial charge in [-0.15, -0.1) is 0 Å². The fraction of sp³-hybridized carbons (Fsp3) is 0.588. The zero-order chi connectivity index (χ0) is 16.0. The molecule has 1 aromatic carbocycles. The van der Waals surface area contributed by atoms with Gasteiger partial charge in [-0.3, -0.25) is 10.2 Å². The van der Waals surface area contributed by atoms with E-state index in [9.17, 15) is 4.79 Å². The van der Waals surface area contributed by atoms with Crippen LogP contribution in [0, 0.1) is 6.92 Å². The lowest BCUT2D eigenvalue weighted by molar-refractivity contribution is -0.126. The number of rotatable bonds is 2. The largest absolute Gasteiger partial charge is 0.352 e. The molecule has 1 aliphatic heterocycles. The van der Waals surface area contributed by atoms with Gasteiger partial charge in [-0.05, 0) is 64.2 Å². The second-order valence-electron chi connectivity index (χ2n) is 7.35. The molecule has 0 radical (unpaired) electrons. The van der Waals surface area contributed by atoms with Crippen molar-refractivity contribution >= 4 is 11.6 Å². The molecular formula is C17H27N3O. The number of nitrogens with zero attached hydrogens (tertiary/aromatic N) is 1. The number of hydrazine groups is 1. The van der Waals surface area contributed by atoms with Crippen molar-refractivity contribution in [2.75, 3.05) is 4.90 Å². The van der Waals surface area contributed by atoms with Crippen LogP contribution in [0.4, 0.5) is 5.69 Å². The highest BCUT2D eigenvalue weighted by molar-refractivity contribution is 5.90. The molecule has 1 aromatic rings. The summed E-state index contributed by atoms with van der Waals surface area (Å²) in [6.07, 6.45) is 1.00. The van der Waals surface area contributed by atoms with Gasteiger partial charge < -0.3 is 4.90 Å². The van der Waals surface area contributed by atoms with E-state index in [0.29, 0.717) is 5.92 Å². The predicted molar refractivity (Wildman–Crippen MR) is 87.2 cm³/mol. The standard InChI is InChI=1S/C17H27N3O/c1-11-7-8-13-12(2)10-16(3,4)20(14(13)9-11)17(5,6)15(21)19-18/h7-9,12H,10,18H2,1-6H3,(H,19,21). The molecule has 0 spiro atoms. The number of hydrogen-bond donors (Lipinski definition) is 2. The number of amides is 1. The number of nitrogens with two attached hydrogens (primary N) is 1. The van der Waals surface area contributed by atoms with Crippen LogP contribution in [0.15, 0.2) is 18.2 Å². The number of carbonyl (C=O) groups excluding carboxylic acids is 1. The normalized spacial score (nSPS) is 20.9. The second-order valence-corrected chi connectivity index (χ2v) is 7.35. The minimum absolute atomic E-state index is 0.115. The maximum Gasteiger partial charge on any atom is 0.259 e. The van der Waals surface area contributed by atoms with E-state index in [1.165, 1.54) is 11.1 Å². The van der Waals surface area contributed by atoms with Gasteiger partial charge in [0, 0.05) is 11.2 Å². The summed E-state index contributed by atoms with van der Waals surface area (Å²) in [6, 6.07) is 6.51. The minimum Gasteiger partial charge on any atom is -0.352 e. The molecule has 4 nitrogen and oxygen atoms in total. The lowest BCUT2D eigenvalue weighted by Gasteiger charge is -2.54. The molecule has 3 N–H and O–H groups in total. The maximum atomic E-state index is 12.3. The summed E-state index contributed by atoms with van der Waals surface area (Å²) < 4.78 is 0. The van der Waals surface area contributed by atoms with Gasteiger partial charge in [0.1, 0.15) is 5.54 Å². The van der Waals surface area contributed by atoms with Crippen LogP contribution in [0.5, 0.6) is 0 Å². The molecule has 0 saturated heterocycles. The first kappa shape index (κ1) is 15.8. The maximum absolute atomic E-state index is 12.3. The molecule has 2 rings (SSSR count). The molecule has 1 amide bonds. The minimum atomic E-state index is -0.707. The van der Waals surface area contributed by atoms with E-state index in [2.05, 4.69) is 56.2 Å². The zero-order valence-electron chi connectivity index (χ0n) is 13.9. The number of hydrogen-bond acceptors (Lipinski definition) is 3. The van der Waals surface area contributed by atoms with Crippen molar-refractivity contribution in [2.24, 2.45) is 5.84 Å². The lowest BCUT2D eigenvalue weighted by atomic mass is 9.76. The number of benzene rings is 1. The van der Waals surface area contributed by atoms with Crippen LogP contribution in [0.1, 0.15) is 58.1 Å². The Bertz CT molecular complexity index is 563. The molecular weight excluding hydrogens is 262 g/mol. The van der Waals surface area contributed by atoms with Crippen molar-refractivity contribution in [3.63, 3.8) is 0 Å². The SMILES string of the molecule is Cc1ccc2c(c1)N(C(C)(C)C(=O)NN)C(C)(C)CC2C. The fourth-order valence-electron chi connectivity index (χ4n) is 3.88. The van der Waals surface area contributed by atoms with Crippen LogP contribution in [0.2, 0.25) is 0 Å². The highest BCUT2D eigenvalue weighted by atomic mass is 16.2. The van der Waals surface area contributed by atoms with Crippen LogP contribution in [0.25, 0.3) is 0 Å². The molecule has 0 fully saturated rings. The monoisotopic (exact) mass is 289 g/mol. The van der Waals surface area contributed by atoms with E-state index in [1.807, 2.05) is 13.8 Å². The molecule has 1 aliphatic rings. The Morgan fingerprint density at radius 1 is 1.43 bits per heavy atom. The van der Waals surface area contributed by atoms with Gasteiger partial charge in [-0.1, -0.05) is 19.1 Å². The smallest absolute Gasteiger partial charge is 0.259 e. The fourth-order valence-corrected chi connectivity index (χ4v) is 3.88. The van der Waals surface area contributed by atoms with E-state index in [1.54, 1.807) is 0 Å². The third-order valence-electron chi connectivity index (χ3n) is 4.61. The molecule has 116 valence electrons. The lowest BCUT2D eigenvalue weighted by Crippen LogP contribution is -2.65. The number of carbonyl (C=O) groups is 1. The summed E-state index contributed by atoms with van der Waals surface area (Å²) in [6.45, 7) is 12.6. The average molecular weight is 289 g/mol. The molecule has 1 unspecified atom stereocenters. The van der Waals surface area contributed by atoms with Gasteiger partial charge in [0.05, 0.1) is 0 Å². The van der Waals surface area contributed by atoms with Gasteiger partial charge in [0.2, 0.25) is 0 Å². The Morgan fingerprint density at radius 3 is 2.62 bits per heavy atom. The Morgan fingerprint density at radius 2 is 2.05 bits per heavy atom. The summed E-state index contributed by atoms with van der Waals surface area (Å²) in [5, 5.41) is 0. The van der Waals surface area contributed by atoms with Gasteiger partial charge in [-0.2, -0.15) is 0 Å². The summed E-state index contributed by atoms with van der Waals surface area (Å²) in [5.74, 6) is 5.71. The molecule has 0 aromatic heterocycles. The molecule has 0 saturated carbocycles. The number of aryl methyl sites for hydroxylation is 1.